The maximum atomic E-state index is 13.7. The minimum absolute atomic E-state index is 0.280. The number of methoxy groups -OCH3 is 1. The van der Waals surface area contributed by atoms with E-state index < -0.39 is 12.0 Å². The summed E-state index contributed by atoms with van der Waals surface area (Å²) in [5.41, 5.74) is 1.87. The number of aromatic nitrogens is 1. The molecule has 0 N–H and O–H groups in total. The van der Waals surface area contributed by atoms with E-state index in [4.69, 9.17) is 21.1 Å². The molecule has 1 aliphatic rings. The Bertz CT molecular complexity index is 1490. The predicted octanol–water partition coefficient (Wildman–Crippen LogP) is 4.61. The highest BCUT2D eigenvalue weighted by Gasteiger charge is 2.35. The predicted molar refractivity (Wildman–Crippen MR) is 137 cm³/mol. The summed E-state index contributed by atoms with van der Waals surface area (Å²) in [7, 11) is 1.55. The Hall–Kier alpha value is -2.68. The molecule has 0 unspecified atom stereocenters. The molecule has 0 aliphatic carbocycles. The third kappa shape index (κ3) is 4.62. The maximum Gasteiger partial charge on any atom is 0.338 e. The number of esters is 1. The molecular weight excluding hydrogens is 540 g/mol. The Balaban J connectivity index is 2.02. The summed E-state index contributed by atoms with van der Waals surface area (Å²) in [6.45, 7) is 5.31. The molecule has 1 atom stereocenters. The van der Waals surface area contributed by atoms with Crippen LogP contribution in [0, 0.1) is 0 Å². The van der Waals surface area contributed by atoms with Crippen LogP contribution < -0.4 is 19.6 Å². The smallest absolute Gasteiger partial charge is 0.338 e. The molecule has 3 aromatic rings. The van der Waals surface area contributed by atoms with Crippen LogP contribution in [0.1, 0.15) is 37.9 Å². The highest BCUT2D eigenvalue weighted by Crippen LogP contribution is 2.37. The van der Waals surface area contributed by atoms with Crippen molar-refractivity contribution in [2.24, 2.45) is 4.99 Å². The van der Waals surface area contributed by atoms with Gasteiger partial charge in [0, 0.05) is 15.1 Å². The van der Waals surface area contributed by atoms with Gasteiger partial charge < -0.3 is 9.47 Å². The van der Waals surface area contributed by atoms with Gasteiger partial charge in [0.05, 0.1) is 29.0 Å². The van der Waals surface area contributed by atoms with Crippen LogP contribution in [-0.4, -0.2) is 23.8 Å². The van der Waals surface area contributed by atoms with Gasteiger partial charge in [-0.2, -0.15) is 0 Å². The van der Waals surface area contributed by atoms with Crippen molar-refractivity contribution in [3.05, 3.63) is 94.0 Å². The van der Waals surface area contributed by atoms with Gasteiger partial charge in [-0.1, -0.05) is 57.1 Å². The molecule has 176 valence electrons. The van der Waals surface area contributed by atoms with Crippen LogP contribution in [0.25, 0.3) is 6.08 Å². The van der Waals surface area contributed by atoms with E-state index in [2.05, 4.69) is 20.9 Å². The van der Waals surface area contributed by atoms with Crippen LogP contribution in [0.3, 0.4) is 0 Å². The van der Waals surface area contributed by atoms with E-state index in [1.54, 1.807) is 46.1 Å². The fourth-order valence-corrected chi connectivity index (χ4v) is 5.41. The number of carbonyl (C=O) groups excluding carboxylic acids is 1. The average Bonchev–Trinajstić information content (AvgIpc) is 3.08. The molecule has 9 heteroatoms. The minimum Gasteiger partial charge on any atom is -0.496 e. The number of halogens is 2. The molecule has 0 fully saturated rings. The summed E-state index contributed by atoms with van der Waals surface area (Å²) < 4.78 is 13.9. The van der Waals surface area contributed by atoms with Crippen molar-refractivity contribution in [3.8, 4) is 5.75 Å². The Morgan fingerprint density at radius 2 is 2.00 bits per heavy atom. The first-order valence-corrected chi connectivity index (χ1v) is 12.5. The molecule has 0 saturated heterocycles. The topological polar surface area (TPSA) is 69.9 Å². The van der Waals surface area contributed by atoms with Crippen molar-refractivity contribution in [2.45, 2.75) is 32.9 Å². The molecule has 1 aliphatic heterocycles. The number of allylic oxidation sites excluding steroid dienone is 1. The van der Waals surface area contributed by atoms with Gasteiger partial charge in [-0.15, -0.1) is 0 Å². The number of carbonyl (C=O) groups is 1. The molecule has 34 heavy (non-hydrogen) atoms. The van der Waals surface area contributed by atoms with Gasteiger partial charge in [-0.05, 0) is 56.7 Å². The van der Waals surface area contributed by atoms with Gasteiger partial charge in [0.25, 0.3) is 5.56 Å². The molecule has 0 spiro atoms. The number of hydrogen-bond acceptors (Lipinski definition) is 6. The van der Waals surface area contributed by atoms with Crippen molar-refractivity contribution in [1.82, 2.24) is 4.57 Å². The zero-order valence-corrected chi connectivity index (χ0v) is 22.1. The largest absolute Gasteiger partial charge is 0.496 e. The number of rotatable bonds is 5. The third-order valence-electron chi connectivity index (χ3n) is 5.26. The molecular formula is C25H22BrClN2O4S. The van der Waals surface area contributed by atoms with Gasteiger partial charge in [-0.3, -0.25) is 9.36 Å². The average molecular weight is 562 g/mol. The Morgan fingerprint density at radius 3 is 2.68 bits per heavy atom. The van der Waals surface area contributed by atoms with E-state index in [0.717, 1.165) is 10.0 Å². The van der Waals surface area contributed by atoms with Gasteiger partial charge >= 0.3 is 5.97 Å². The first kappa shape index (κ1) is 24.4. The molecule has 0 bridgehead atoms. The normalized spacial score (nSPS) is 15.9. The first-order valence-electron chi connectivity index (χ1n) is 10.5. The number of thiazole rings is 1. The van der Waals surface area contributed by atoms with E-state index >= 15 is 0 Å². The number of hydrogen-bond donors (Lipinski definition) is 0. The fraction of sp³-hybridized carbons (Fsp3) is 0.240. The van der Waals surface area contributed by atoms with Crippen molar-refractivity contribution < 1.29 is 14.3 Å². The highest BCUT2D eigenvalue weighted by molar-refractivity contribution is 9.10. The maximum absolute atomic E-state index is 13.7. The standard InChI is InChI=1S/C25H22BrClN2O4S/c1-13(2)33-24(31)21-14(3)28-25-29(22(21)17-12-16(26)9-10-19(17)32-4)23(30)20(34-25)11-15-7-5-6-8-18(15)27/h5-13,22H,1-4H3/b20-11-/t22-/m0/s1. The summed E-state index contributed by atoms with van der Waals surface area (Å²) in [4.78, 5) is 32.0. The lowest BCUT2D eigenvalue weighted by molar-refractivity contribution is -0.143. The SMILES string of the molecule is COc1ccc(Br)cc1[C@H]1C(C(=O)OC(C)C)=C(C)N=c2s/c(=C\c3ccccc3Cl)c(=O)n21. The van der Waals surface area contributed by atoms with Crippen LogP contribution in [0.15, 0.2) is 68.0 Å². The Morgan fingerprint density at radius 1 is 1.26 bits per heavy atom. The number of fused-ring (bicyclic) bond motifs is 1. The van der Waals surface area contributed by atoms with Gasteiger partial charge in [0.15, 0.2) is 4.80 Å². The van der Waals surface area contributed by atoms with Crippen molar-refractivity contribution >= 4 is 50.9 Å². The second-order valence-electron chi connectivity index (χ2n) is 7.94. The minimum atomic E-state index is -0.775. The van der Waals surface area contributed by atoms with E-state index in [1.165, 1.54) is 15.9 Å². The highest BCUT2D eigenvalue weighted by atomic mass is 79.9. The molecule has 1 aromatic heterocycles. The molecule has 4 rings (SSSR count). The van der Waals surface area contributed by atoms with Crippen LogP contribution in [0.2, 0.25) is 5.02 Å². The van der Waals surface area contributed by atoms with E-state index in [1.807, 2.05) is 30.3 Å². The Labute approximate surface area is 213 Å². The second-order valence-corrected chi connectivity index (χ2v) is 10.3. The zero-order valence-electron chi connectivity index (χ0n) is 19.0. The van der Waals surface area contributed by atoms with E-state index in [0.29, 0.717) is 36.9 Å². The lowest BCUT2D eigenvalue weighted by Gasteiger charge is -2.26. The lowest BCUT2D eigenvalue weighted by atomic mass is 9.95. The zero-order chi connectivity index (χ0) is 24.6. The second kappa shape index (κ2) is 9.90. The quantitative estimate of drug-likeness (QED) is 0.427. The molecule has 0 amide bonds. The fourth-order valence-electron chi connectivity index (χ4n) is 3.81. The summed E-state index contributed by atoms with van der Waals surface area (Å²) in [5, 5.41) is 0.538. The van der Waals surface area contributed by atoms with Gasteiger partial charge in [0.1, 0.15) is 11.8 Å². The van der Waals surface area contributed by atoms with Crippen LogP contribution in [0.4, 0.5) is 0 Å². The molecule has 2 aromatic carbocycles. The van der Waals surface area contributed by atoms with Gasteiger partial charge in [-0.25, -0.2) is 9.79 Å². The third-order valence-corrected chi connectivity index (χ3v) is 7.08. The summed E-state index contributed by atoms with van der Waals surface area (Å²) in [5.74, 6) is 0.0158. The van der Waals surface area contributed by atoms with E-state index in [-0.39, 0.29) is 11.7 Å². The molecule has 0 radical (unpaired) electrons. The number of benzene rings is 2. The van der Waals surface area contributed by atoms with E-state index in [9.17, 15) is 9.59 Å². The first-order chi connectivity index (χ1) is 16.2. The van der Waals surface area contributed by atoms with Crippen LogP contribution in [0.5, 0.6) is 5.75 Å². The Kier molecular flexibility index (Phi) is 7.12. The van der Waals surface area contributed by atoms with Crippen molar-refractivity contribution in [1.29, 1.82) is 0 Å². The van der Waals surface area contributed by atoms with Gasteiger partial charge in [0.2, 0.25) is 0 Å². The summed E-state index contributed by atoms with van der Waals surface area (Å²) >= 11 is 11.1. The molecule has 6 nitrogen and oxygen atoms in total. The molecule has 0 saturated carbocycles. The number of nitrogens with zero attached hydrogens (tertiary/aromatic N) is 2. The molecule has 2 heterocycles. The summed E-state index contributed by atoms with van der Waals surface area (Å²) in [6, 6.07) is 12.0. The van der Waals surface area contributed by atoms with Crippen LogP contribution in [-0.2, 0) is 9.53 Å². The van der Waals surface area contributed by atoms with Crippen molar-refractivity contribution in [3.63, 3.8) is 0 Å². The van der Waals surface area contributed by atoms with Crippen LogP contribution >= 0.6 is 38.9 Å². The van der Waals surface area contributed by atoms with Crippen molar-refractivity contribution in [2.75, 3.05) is 7.11 Å². The summed E-state index contributed by atoms with van der Waals surface area (Å²) in [6.07, 6.45) is 1.41. The number of ether oxygens (including phenoxy) is 2. The lowest BCUT2D eigenvalue weighted by Crippen LogP contribution is -2.40. The monoisotopic (exact) mass is 560 g/mol.